The third-order valence-electron chi connectivity index (χ3n) is 2.80. The van der Waals surface area contributed by atoms with Gasteiger partial charge in [-0.15, -0.1) is 13.2 Å². The first kappa shape index (κ1) is 16.7. The quantitative estimate of drug-likeness (QED) is 0.718. The average Bonchev–Trinajstić information content (AvgIpc) is 2.35. The van der Waals surface area contributed by atoms with Crippen LogP contribution in [-0.4, -0.2) is 30.7 Å². The lowest BCUT2D eigenvalue weighted by Gasteiger charge is -2.22. The smallest absolute Gasteiger partial charge is 0.406 e. The maximum atomic E-state index is 12.0. The zero-order chi connectivity index (χ0) is 15.2. The third-order valence-corrected chi connectivity index (χ3v) is 2.80. The highest BCUT2D eigenvalue weighted by molar-refractivity contribution is 5.29. The lowest BCUT2D eigenvalue weighted by Crippen LogP contribution is -2.35. The van der Waals surface area contributed by atoms with Gasteiger partial charge < -0.3 is 20.9 Å². The van der Waals surface area contributed by atoms with Gasteiger partial charge in [0.25, 0.3) is 0 Å². The molecule has 114 valence electrons. The largest absolute Gasteiger partial charge is 0.573 e. The summed E-state index contributed by atoms with van der Waals surface area (Å²) in [5.41, 5.74) is 6.42. The Hall–Kier alpha value is -1.31. The summed E-state index contributed by atoms with van der Waals surface area (Å²) in [4.78, 5) is 0. The van der Waals surface area contributed by atoms with Gasteiger partial charge in [-0.3, -0.25) is 0 Å². The molecule has 0 aliphatic heterocycles. The molecule has 0 aliphatic rings. The summed E-state index contributed by atoms with van der Waals surface area (Å²) < 4.78 is 39.9. The molecule has 0 fully saturated rings. The van der Waals surface area contributed by atoms with Gasteiger partial charge in [-0.2, -0.15) is 0 Å². The molecule has 0 heterocycles. The van der Waals surface area contributed by atoms with Crippen LogP contribution >= 0.6 is 0 Å². The minimum absolute atomic E-state index is 0.0552. The van der Waals surface area contributed by atoms with Gasteiger partial charge in [0, 0.05) is 25.2 Å². The number of hydrogen-bond donors (Lipinski definition) is 3. The first-order chi connectivity index (χ1) is 9.35. The Labute approximate surface area is 115 Å². The molecule has 2 unspecified atom stereocenters. The molecule has 0 saturated heterocycles. The van der Waals surface area contributed by atoms with E-state index >= 15 is 0 Å². The van der Waals surface area contributed by atoms with Crippen LogP contribution in [0.1, 0.15) is 24.9 Å². The maximum absolute atomic E-state index is 12.0. The fourth-order valence-corrected chi connectivity index (χ4v) is 1.82. The summed E-state index contributed by atoms with van der Waals surface area (Å²) in [6, 6.07) is 5.46. The molecule has 7 heteroatoms. The molecular weight excluding hydrogens is 273 g/mol. The number of nitrogens with two attached hydrogens (primary N) is 1. The minimum atomic E-state index is -4.69. The Kier molecular flexibility index (Phi) is 6.25. The van der Waals surface area contributed by atoms with Crippen LogP contribution in [0.3, 0.4) is 0 Å². The summed E-state index contributed by atoms with van der Waals surface area (Å²) >= 11 is 0. The summed E-state index contributed by atoms with van der Waals surface area (Å²) in [5, 5.41) is 12.0. The molecular formula is C13H19F3N2O2. The van der Waals surface area contributed by atoms with Crippen LogP contribution < -0.4 is 15.8 Å². The highest BCUT2D eigenvalue weighted by Gasteiger charge is 2.31. The van der Waals surface area contributed by atoms with Gasteiger partial charge in [0.15, 0.2) is 0 Å². The number of alkyl halides is 3. The molecule has 20 heavy (non-hydrogen) atoms. The Bertz CT molecular complexity index is 396. The van der Waals surface area contributed by atoms with Crippen LogP contribution in [0.15, 0.2) is 24.3 Å². The van der Waals surface area contributed by atoms with Crippen molar-refractivity contribution >= 4 is 0 Å². The average molecular weight is 292 g/mol. The molecule has 0 saturated carbocycles. The Morgan fingerprint density at radius 2 is 1.90 bits per heavy atom. The van der Waals surface area contributed by atoms with Crippen molar-refractivity contribution in [3.8, 4) is 5.75 Å². The maximum Gasteiger partial charge on any atom is 0.573 e. The second-order valence-electron chi connectivity index (χ2n) is 4.49. The number of benzene rings is 1. The van der Waals surface area contributed by atoms with Gasteiger partial charge >= 0.3 is 6.36 Å². The standard InChI is InChI=1S/C13H19F3N2O2/c1-9(6-7-19)18-12(8-17)10-2-4-11(5-3-10)20-13(14,15)16/h2-5,9,12,18-19H,6-8,17H2,1H3. The molecule has 1 aromatic rings. The van der Waals surface area contributed by atoms with Crippen molar-refractivity contribution < 1.29 is 23.0 Å². The topological polar surface area (TPSA) is 67.5 Å². The molecule has 4 N–H and O–H groups in total. The van der Waals surface area contributed by atoms with Crippen molar-refractivity contribution in [2.24, 2.45) is 5.73 Å². The van der Waals surface area contributed by atoms with E-state index in [1.165, 1.54) is 24.3 Å². The Balaban J connectivity index is 2.69. The van der Waals surface area contributed by atoms with Gasteiger partial charge in [-0.25, -0.2) is 0 Å². The second-order valence-corrected chi connectivity index (χ2v) is 4.49. The van der Waals surface area contributed by atoms with Crippen LogP contribution in [0.25, 0.3) is 0 Å². The Morgan fingerprint density at radius 3 is 2.35 bits per heavy atom. The molecule has 0 radical (unpaired) electrons. The molecule has 1 rings (SSSR count). The fourth-order valence-electron chi connectivity index (χ4n) is 1.82. The van der Waals surface area contributed by atoms with Gasteiger partial charge in [-0.1, -0.05) is 12.1 Å². The first-order valence-corrected chi connectivity index (χ1v) is 6.28. The number of aliphatic hydroxyl groups excluding tert-OH is 1. The molecule has 2 atom stereocenters. The van der Waals surface area contributed by atoms with Crippen LogP contribution in [0.5, 0.6) is 5.75 Å². The highest BCUT2D eigenvalue weighted by atomic mass is 19.4. The van der Waals surface area contributed by atoms with Gasteiger partial charge in [0.05, 0.1) is 0 Å². The second kappa shape index (κ2) is 7.47. The summed E-state index contributed by atoms with van der Waals surface area (Å²) in [6.07, 6.45) is -4.12. The molecule has 0 bridgehead atoms. The van der Waals surface area contributed by atoms with E-state index in [-0.39, 0.29) is 24.4 Å². The van der Waals surface area contributed by atoms with Crippen molar-refractivity contribution in [1.82, 2.24) is 5.32 Å². The summed E-state index contributed by atoms with van der Waals surface area (Å²) in [5.74, 6) is -0.263. The molecule has 0 amide bonds. The number of rotatable bonds is 7. The van der Waals surface area contributed by atoms with Gasteiger partial charge in [0.1, 0.15) is 5.75 Å². The van der Waals surface area contributed by atoms with Crippen LogP contribution in [0, 0.1) is 0 Å². The van der Waals surface area contributed by atoms with Crippen molar-refractivity contribution in [2.75, 3.05) is 13.2 Å². The van der Waals surface area contributed by atoms with Crippen LogP contribution in [0.2, 0.25) is 0 Å². The SMILES string of the molecule is CC(CCO)NC(CN)c1ccc(OC(F)(F)F)cc1. The van der Waals surface area contributed by atoms with E-state index in [1.54, 1.807) is 0 Å². The molecule has 0 aliphatic carbocycles. The van der Waals surface area contributed by atoms with Gasteiger partial charge in [0.2, 0.25) is 0 Å². The van der Waals surface area contributed by atoms with Crippen molar-refractivity contribution in [1.29, 1.82) is 0 Å². The predicted octanol–water partition coefficient (Wildman–Crippen LogP) is 1.95. The van der Waals surface area contributed by atoms with E-state index in [0.717, 1.165) is 5.56 Å². The van der Waals surface area contributed by atoms with Crippen LogP contribution in [0.4, 0.5) is 13.2 Å². The number of ether oxygens (including phenoxy) is 1. The number of nitrogens with one attached hydrogen (secondary N) is 1. The van der Waals surface area contributed by atoms with E-state index in [4.69, 9.17) is 10.8 Å². The van der Waals surface area contributed by atoms with E-state index in [1.807, 2.05) is 6.92 Å². The zero-order valence-corrected chi connectivity index (χ0v) is 11.2. The van der Waals surface area contributed by atoms with E-state index in [0.29, 0.717) is 13.0 Å². The molecule has 4 nitrogen and oxygen atoms in total. The number of hydrogen-bond acceptors (Lipinski definition) is 4. The zero-order valence-electron chi connectivity index (χ0n) is 11.2. The lowest BCUT2D eigenvalue weighted by atomic mass is 10.1. The van der Waals surface area contributed by atoms with Crippen molar-refractivity contribution in [3.63, 3.8) is 0 Å². The lowest BCUT2D eigenvalue weighted by molar-refractivity contribution is -0.274. The monoisotopic (exact) mass is 292 g/mol. The number of aliphatic hydroxyl groups is 1. The predicted molar refractivity (Wildman–Crippen MR) is 69.2 cm³/mol. The highest BCUT2D eigenvalue weighted by Crippen LogP contribution is 2.24. The fraction of sp³-hybridized carbons (Fsp3) is 0.538. The van der Waals surface area contributed by atoms with Gasteiger partial charge in [-0.05, 0) is 31.0 Å². The number of halogens is 3. The molecule has 0 aromatic heterocycles. The summed E-state index contributed by atoms with van der Waals surface area (Å²) in [7, 11) is 0. The van der Waals surface area contributed by atoms with E-state index < -0.39 is 6.36 Å². The minimum Gasteiger partial charge on any atom is -0.406 e. The van der Waals surface area contributed by atoms with E-state index in [9.17, 15) is 13.2 Å². The first-order valence-electron chi connectivity index (χ1n) is 6.28. The summed E-state index contributed by atoms with van der Waals surface area (Å²) in [6.45, 7) is 2.26. The molecule has 0 spiro atoms. The van der Waals surface area contributed by atoms with E-state index in [2.05, 4.69) is 10.1 Å². The van der Waals surface area contributed by atoms with Crippen molar-refractivity contribution in [3.05, 3.63) is 29.8 Å². The molecule has 1 aromatic carbocycles. The van der Waals surface area contributed by atoms with Crippen molar-refractivity contribution in [2.45, 2.75) is 31.8 Å². The Morgan fingerprint density at radius 1 is 1.30 bits per heavy atom. The van der Waals surface area contributed by atoms with Crippen LogP contribution in [-0.2, 0) is 0 Å². The normalized spacial score (nSPS) is 14.9. The third kappa shape index (κ3) is 5.77.